The van der Waals surface area contributed by atoms with Gasteiger partial charge in [-0.25, -0.2) is 12.8 Å². The summed E-state index contributed by atoms with van der Waals surface area (Å²) in [7, 11) is 3.89. The standard InChI is InChI=1S/C10H9ClFN3O3S/c1-15-9(13-14-10(15)19(11,16)17)8-6(12)4-3-5-7(8)18-2/h3-5H,1-2H3. The molecule has 0 saturated heterocycles. The Labute approximate surface area is 113 Å². The third-order valence-corrected chi connectivity index (χ3v) is 3.68. The molecule has 0 unspecified atom stereocenters. The number of ether oxygens (including phenoxy) is 1. The van der Waals surface area contributed by atoms with Gasteiger partial charge in [0.15, 0.2) is 5.82 Å². The van der Waals surface area contributed by atoms with Crippen LogP contribution in [0.15, 0.2) is 23.4 Å². The maximum atomic E-state index is 13.9. The second kappa shape index (κ2) is 4.78. The van der Waals surface area contributed by atoms with Crippen molar-refractivity contribution in [2.24, 2.45) is 7.05 Å². The minimum absolute atomic E-state index is 0.00850. The maximum absolute atomic E-state index is 13.9. The van der Waals surface area contributed by atoms with Gasteiger partial charge < -0.3 is 4.74 Å². The molecule has 1 aromatic carbocycles. The van der Waals surface area contributed by atoms with Crippen molar-refractivity contribution in [1.82, 2.24) is 14.8 Å². The van der Waals surface area contributed by atoms with Gasteiger partial charge in [-0.3, -0.25) is 4.57 Å². The Hall–Kier alpha value is -1.67. The molecule has 0 radical (unpaired) electrons. The average molecular weight is 306 g/mol. The smallest absolute Gasteiger partial charge is 0.296 e. The number of halogens is 2. The molecule has 0 saturated carbocycles. The summed E-state index contributed by atoms with van der Waals surface area (Å²) in [6.45, 7) is 0. The van der Waals surface area contributed by atoms with E-state index in [2.05, 4.69) is 10.2 Å². The molecular formula is C10H9ClFN3O3S. The van der Waals surface area contributed by atoms with Gasteiger partial charge in [0, 0.05) is 17.7 Å². The van der Waals surface area contributed by atoms with Crippen LogP contribution < -0.4 is 4.74 Å². The summed E-state index contributed by atoms with van der Waals surface area (Å²) in [6, 6.07) is 4.20. The predicted molar refractivity (Wildman–Crippen MR) is 66.0 cm³/mol. The lowest BCUT2D eigenvalue weighted by Gasteiger charge is -2.08. The van der Waals surface area contributed by atoms with Crippen LogP contribution in [0.4, 0.5) is 4.39 Å². The van der Waals surface area contributed by atoms with Crippen molar-refractivity contribution in [3.63, 3.8) is 0 Å². The lowest BCUT2D eigenvalue weighted by atomic mass is 10.1. The van der Waals surface area contributed by atoms with Crippen LogP contribution in [0.25, 0.3) is 11.4 Å². The van der Waals surface area contributed by atoms with Gasteiger partial charge in [0.1, 0.15) is 11.6 Å². The summed E-state index contributed by atoms with van der Waals surface area (Å²) in [4.78, 5) is 0. The Morgan fingerprint density at radius 2 is 2.05 bits per heavy atom. The van der Waals surface area contributed by atoms with E-state index in [1.54, 1.807) is 0 Å². The number of benzene rings is 1. The number of rotatable bonds is 3. The summed E-state index contributed by atoms with van der Waals surface area (Å²) >= 11 is 0. The van der Waals surface area contributed by atoms with Crippen molar-refractivity contribution in [3.8, 4) is 17.1 Å². The van der Waals surface area contributed by atoms with Crippen molar-refractivity contribution in [2.45, 2.75) is 5.16 Å². The molecule has 2 aromatic rings. The zero-order valence-electron chi connectivity index (χ0n) is 9.96. The predicted octanol–water partition coefficient (Wildman–Crippen LogP) is 1.56. The molecule has 2 rings (SSSR count). The number of nitrogens with zero attached hydrogens (tertiary/aromatic N) is 3. The van der Waals surface area contributed by atoms with Crippen LogP contribution in [0.5, 0.6) is 5.75 Å². The van der Waals surface area contributed by atoms with Crippen LogP contribution in [-0.2, 0) is 16.1 Å². The van der Waals surface area contributed by atoms with E-state index in [1.165, 1.54) is 32.4 Å². The van der Waals surface area contributed by atoms with E-state index in [-0.39, 0.29) is 17.1 Å². The van der Waals surface area contributed by atoms with E-state index in [4.69, 9.17) is 15.4 Å². The molecule has 102 valence electrons. The van der Waals surface area contributed by atoms with Crippen molar-refractivity contribution in [1.29, 1.82) is 0 Å². The van der Waals surface area contributed by atoms with Crippen LogP contribution in [0, 0.1) is 5.82 Å². The Kier molecular flexibility index (Phi) is 3.46. The minimum atomic E-state index is -4.05. The fourth-order valence-electron chi connectivity index (χ4n) is 1.64. The Bertz CT molecular complexity index is 730. The van der Waals surface area contributed by atoms with Crippen molar-refractivity contribution in [3.05, 3.63) is 24.0 Å². The number of methoxy groups -OCH3 is 1. The molecule has 0 bridgehead atoms. The highest BCUT2D eigenvalue weighted by Gasteiger charge is 2.24. The number of hydrogen-bond donors (Lipinski definition) is 0. The summed E-state index contributed by atoms with van der Waals surface area (Å²) in [5.41, 5.74) is 0.0200. The van der Waals surface area contributed by atoms with Crippen LogP contribution in [0.2, 0.25) is 0 Å². The topological polar surface area (TPSA) is 74.1 Å². The molecule has 0 aliphatic carbocycles. The first-order chi connectivity index (χ1) is 8.86. The fourth-order valence-corrected chi connectivity index (χ4v) is 2.59. The van der Waals surface area contributed by atoms with Gasteiger partial charge in [-0.1, -0.05) is 6.07 Å². The SMILES string of the molecule is COc1cccc(F)c1-c1nnc(S(=O)(=O)Cl)n1C. The Balaban J connectivity index is 2.71. The highest BCUT2D eigenvalue weighted by atomic mass is 35.7. The van der Waals surface area contributed by atoms with Crippen molar-refractivity contribution >= 4 is 19.7 Å². The fraction of sp³-hybridized carbons (Fsp3) is 0.200. The van der Waals surface area contributed by atoms with Crippen LogP contribution >= 0.6 is 10.7 Å². The number of aromatic nitrogens is 3. The Morgan fingerprint density at radius 1 is 1.37 bits per heavy atom. The summed E-state index contributed by atoms with van der Waals surface area (Å²) < 4.78 is 42.5. The molecule has 0 atom stereocenters. The van der Waals surface area contributed by atoms with Gasteiger partial charge >= 0.3 is 0 Å². The van der Waals surface area contributed by atoms with Crippen LogP contribution in [0.1, 0.15) is 0 Å². The molecule has 9 heteroatoms. The maximum Gasteiger partial charge on any atom is 0.296 e. The van der Waals surface area contributed by atoms with Gasteiger partial charge in [0.05, 0.1) is 12.7 Å². The molecule has 0 spiro atoms. The zero-order chi connectivity index (χ0) is 14.2. The summed E-state index contributed by atoms with van der Waals surface area (Å²) in [5, 5.41) is 6.64. The molecule has 6 nitrogen and oxygen atoms in total. The van der Waals surface area contributed by atoms with Gasteiger partial charge in [0.2, 0.25) is 0 Å². The largest absolute Gasteiger partial charge is 0.496 e. The third-order valence-electron chi connectivity index (χ3n) is 2.47. The van der Waals surface area contributed by atoms with Gasteiger partial charge in [-0.2, -0.15) is 0 Å². The van der Waals surface area contributed by atoms with E-state index < -0.39 is 20.0 Å². The average Bonchev–Trinajstić information content (AvgIpc) is 2.70. The van der Waals surface area contributed by atoms with Crippen molar-refractivity contribution in [2.75, 3.05) is 7.11 Å². The van der Waals surface area contributed by atoms with E-state index in [0.29, 0.717) is 0 Å². The number of hydrogen-bond acceptors (Lipinski definition) is 5. The molecule has 19 heavy (non-hydrogen) atoms. The molecular weight excluding hydrogens is 297 g/mol. The van der Waals surface area contributed by atoms with Crippen molar-refractivity contribution < 1.29 is 17.5 Å². The lowest BCUT2D eigenvalue weighted by molar-refractivity contribution is 0.412. The molecule has 0 amide bonds. The van der Waals surface area contributed by atoms with E-state index in [1.807, 2.05) is 0 Å². The van der Waals surface area contributed by atoms with E-state index in [0.717, 1.165) is 4.57 Å². The minimum Gasteiger partial charge on any atom is -0.496 e. The molecule has 0 aliphatic rings. The van der Waals surface area contributed by atoms with Crippen LogP contribution in [0.3, 0.4) is 0 Å². The molecule has 0 aliphatic heterocycles. The summed E-state index contributed by atoms with van der Waals surface area (Å²) in [5.74, 6) is -0.378. The zero-order valence-corrected chi connectivity index (χ0v) is 11.5. The first-order valence-corrected chi connectivity index (χ1v) is 7.34. The quantitative estimate of drug-likeness (QED) is 0.805. The first-order valence-electron chi connectivity index (χ1n) is 5.03. The van der Waals surface area contributed by atoms with Gasteiger partial charge in [-0.05, 0) is 12.1 Å². The normalized spacial score (nSPS) is 11.6. The van der Waals surface area contributed by atoms with Crippen LogP contribution in [-0.4, -0.2) is 30.3 Å². The molecule has 1 aromatic heterocycles. The highest BCUT2D eigenvalue weighted by Crippen LogP contribution is 2.32. The molecule has 0 fully saturated rings. The second-order valence-corrected chi connectivity index (χ2v) is 6.08. The monoisotopic (exact) mass is 305 g/mol. The van der Waals surface area contributed by atoms with Gasteiger partial charge in [0.25, 0.3) is 14.2 Å². The lowest BCUT2D eigenvalue weighted by Crippen LogP contribution is -2.04. The molecule has 0 N–H and O–H groups in total. The van der Waals surface area contributed by atoms with E-state index >= 15 is 0 Å². The van der Waals surface area contributed by atoms with E-state index in [9.17, 15) is 12.8 Å². The molecule has 1 heterocycles. The second-order valence-electron chi connectivity index (χ2n) is 3.62. The Morgan fingerprint density at radius 3 is 2.58 bits per heavy atom. The third kappa shape index (κ3) is 2.41. The first kappa shape index (κ1) is 13.8. The van der Waals surface area contributed by atoms with Gasteiger partial charge in [-0.15, -0.1) is 10.2 Å². The summed E-state index contributed by atoms with van der Waals surface area (Å²) in [6.07, 6.45) is 0. The highest BCUT2D eigenvalue weighted by molar-refractivity contribution is 8.13.